The summed E-state index contributed by atoms with van der Waals surface area (Å²) in [6, 6.07) is 63.0. The minimum absolute atomic E-state index is 0.667. The third-order valence-corrected chi connectivity index (χ3v) is 12.4. The van der Waals surface area contributed by atoms with Gasteiger partial charge in [0.15, 0.2) is 17.5 Å². The van der Waals surface area contributed by atoms with Gasteiger partial charge in [0.25, 0.3) is 0 Å². The molecule has 292 valence electrons. The van der Waals surface area contributed by atoms with Crippen LogP contribution < -0.4 is 0 Å². The largest absolute Gasteiger partial charge is 0.309 e. The van der Waals surface area contributed by atoms with Crippen molar-refractivity contribution in [2.75, 3.05) is 0 Å². The fraction of sp³-hybridized carbons (Fsp3) is 0.105. The molecule has 0 spiro atoms. The zero-order valence-corrected chi connectivity index (χ0v) is 34.0. The van der Waals surface area contributed by atoms with Crippen LogP contribution in [0.25, 0.3) is 89.2 Å². The van der Waals surface area contributed by atoms with Gasteiger partial charge < -0.3 is 4.57 Å². The van der Waals surface area contributed by atoms with Crippen molar-refractivity contribution < 1.29 is 0 Å². The number of hydrogen-bond donors (Lipinski definition) is 0. The average Bonchev–Trinajstić information content (AvgIpc) is 3.68. The molecule has 0 saturated heterocycles. The van der Waals surface area contributed by atoms with E-state index in [1.807, 2.05) is 18.2 Å². The Labute approximate surface area is 357 Å². The molecule has 0 bridgehead atoms. The van der Waals surface area contributed by atoms with Gasteiger partial charge in [0.1, 0.15) is 0 Å². The van der Waals surface area contributed by atoms with E-state index in [9.17, 15) is 0 Å². The highest BCUT2D eigenvalue weighted by Crippen LogP contribution is 2.37. The maximum absolute atomic E-state index is 5.21. The second-order valence-corrected chi connectivity index (χ2v) is 16.2. The minimum Gasteiger partial charge on any atom is -0.309 e. The van der Waals surface area contributed by atoms with Gasteiger partial charge in [-0.05, 0) is 113 Å². The summed E-state index contributed by atoms with van der Waals surface area (Å²) in [6.07, 6.45) is 13.7. The minimum atomic E-state index is 0.667. The summed E-state index contributed by atoms with van der Waals surface area (Å²) >= 11 is 0. The number of para-hydroxylation sites is 1. The second kappa shape index (κ2) is 16.0. The molecule has 0 aliphatic heterocycles. The van der Waals surface area contributed by atoms with Crippen LogP contribution in [-0.4, -0.2) is 19.5 Å². The monoisotopic (exact) mass is 784 g/mol. The molecule has 2 aliphatic carbocycles. The summed E-state index contributed by atoms with van der Waals surface area (Å²) in [5.41, 5.74) is 16.7. The molecule has 0 unspecified atom stereocenters. The van der Waals surface area contributed by atoms with Crippen molar-refractivity contribution in [3.05, 3.63) is 211 Å². The second-order valence-electron chi connectivity index (χ2n) is 16.2. The van der Waals surface area contributed by atoms with Crippen LogP contribution in [0.2, 0.25) is 0 Å². The Morgan fingerprint density at radius 1 is 0.344 bits per heavy atom. The molecule has 9 aromatic rings. The van der Waals surface area contributed by atoms with Crippen molar-refractivity contribution in [2.24, 2.45) is 0 Å². The van der Waals surface area contributed by atoms with Gasteiger partial charge in [0.05, 0.1) is 11.0 Å². The highest BCUT2D eigenvalue weighted by atomic mass is 15.0. The first-order valence-corrected chi connectivity index (χ1v) is 21.5. The first kappa shape index (κ1) is 36.6. The number of nitrogens with zero attached hydrogens (tertiary/aromatic N) is 4. The highest BCUT2D eigenvalue weighted by Gasteiger charge is 2.19. The summed E-state index contributed by atoms with van der Waals surface area (Å²) in [6.45, 7) is 0. The molecule has 11 rings (SSSR count). The van der Waals surface area contributed by atoms with E-state index >= 15 is 0 Å². The lowest BCUT2D eigenvalue weighted by Gasteiger charge is -2.17. The molecule has 2 aromatic heterocycles. The molecule has 0 amide bonds. The van der Waals surface area contributed by atoms with Crippen LogP contribution in [0.1, 0.15) is 55.5 Å². The Bertz CT molecular complexity index is 3130. The molecule has 61 heavy (non-hydrogen) atoms. The van der Waals surface area contributed by atoms with Gasteiger partial charge in [-0.15, -0.1) is 0 Å². The molecule has 4 heteroatoms. The lowest BCUT2D eigenvalue weighted by Crippen LogP contribution is -2.04. The Hall–Kier alpha value is -7.43. The predicted molar refractivity (Wildman–Crippen MR) is 254 cm³/mol. The predicted octanol–water partition coefficient (Wildman–Crippen LogP) is 14.9. The van der Waals surface area contributed by atoms with E-state index in [1.54, 1.807) is 0 Å². The van der Waals surface area contributed by atoms with Crippen LogP contribution in [0, 0.1) is 0 Å². The third kappa shape index (κ3) is 7.21. The fourth-order valence-electron chi connectivity index (χ4n) is 9.10. The Kier molecular flexibility index (Phi) is 9.59. The normalized spacial score (nSPS) is 14.1. The van der Waals surface area contributed by atoms with Crippen molar-refractivity contribution in [3.8, 4) is 50.7 Å². The van der Waals surface area contributed by atoms with Crippen LogP contribution in [0.15, 0.2) is 194 Å². The first-order chi connectivity index (χ1) is 30.2. The van der Waals surface area contributed by atoms with Crippen LogP contribution >= 0.6 is 0 Å². The smallest absolute Gasteiger partial charge is 0.164 e. The molecule has 7 aromatic carbocycles. The standard InChI is InChI=1S/C57H44N4/c1-4-12-39(13-5-1)41-20-24-43(25-21-41)45-28-30-48(31-29-45)56-58-55(47-16-8-3-9-17-47)59-57(60-56)49-34-37-52-51-18-10-11-19-53(51)61(54(52)38-49)50-35-32-46(33-36-50)44-26-22-42(23-27-44)40-14-6-2-7-15-40/h2-3,6-12,14-28,30,32-38H,1,4-5,13,29,31H2. The van der Waals surface area contributed by atoms with E-state index in [0.29, 0.717) is 11.6 Å². The number of benzene rings is 7. The number of fused-ring (bicyclic) bond motifs is 3. The fourth-order valence-corrected chi connectivity index (χ4v) is 9.10. The SMILES string of the molecule is C1=C(c2ccc(C3=CC=C(c4nc(-c5ccccc5)nc(-c5ccc6c7ccccc7n(-c7ccc(-c8ccc(-c9ccccc9)cc8)cc7)c6c5)n4)CC3)cc2)CCCC1. The molecule has 0 fully saturated rings. The van der Waals surface area contributed by atoms with Crippen molar-refractivity contribution >= 4 is 38.5 Å². The summed E-state index contributed by atoms with van der Waals surface area (Å²) in [4.78, 5) is 15.4. The van der Waals surface area contributed by atoms with Gasteiger partial charge in [-0.1, -0.05) is 170 Å². The molecule has 4 nitrogen and oxygen atoms in total. The summed E-state index contributed by atoms with van der Waals surface area (Å²) in [5.74, 6) is 2.07. The van der Waals surface area contributed by atoms with Crippen LogP contribution in [0.3, 0.4) is 0 Å². The molecule has 2 heterocycles. The van der Waals surface area contributed by atoms with E-state index in [2.05, 4.69) is 181 Å². The maximum Gasteiger partial charge on any atom is 0.164 e. The number of hydrogen-bond acceptors (Lipinski definition) is 3. The number of rotatable bonds is 8. The topological polar surface area (TPSA) is 43.6 Å². The van der Waals surface area contributed by atoms with Crippen LogP contribution in [0.4, 0.5) is 0 Å². The van der Waals surface area contributed by atoms with Gasteiger partial charge >= 0.3 is 0 Å². The lowest BCUT2D eigenvalue weighted by atomic mass is 9.90. The van der Waals surface area contributed by atoms with Crippen LogP contribution in [-0.2, 0) is 0 Å². The van der Waals surface area contributed by atoms with Gasteiger partial charge in [-0.2, -0.15) is 0 Å². The quantitative estimate of drug-likeness (QED) is 0.154. The van der Waals surface area contributed by atoms with Crippen molar-refractivity contribution in [2.45, 2.75) is 38.5 Å². The van der Waals surface area contributed by atoms with Crippen molar-refractivity contribution in [1.29, 1.82) is 0 Å². The zero-order valence-electron chi connectivity index (χ0n) is 34.0. The van der Waals surface area contributed by atoms with E-state index in [4.69, 9.17) is 15.0 Å². The van der Waals surface area contributed by atoms with Crippen molar-refractivity contribution in [1.82, 2.24) is 19.5 Å². The summed E-state index contributed by atoms with van der Waals surface area (Å²) in [5, 5.41) is 2.40. The van der Waals surface area contributed by atoms with E-state index < -0.39 is 0 Å². The van der Waals surface area contributed by atoms with Gasteiger partial charge in [-0.25, -0.2) is 15.0 Å². The lowest BCUT2D eigenvalue weighted by molar-refractivity contribution is 0.742. The average molecular weight is 785 g/mol. The molecule has 0 radical (unpaired) electrons. The van der Waals surface area contributed by atoms with E-state index in [-0.39, 0.29) is 0 Å². The van der Waals surface area contributed by atoms with Gasteiger partial charge in [0, 0.05) is 27.6 Å². The van der Waals surface area contributed by atoms with Gasteiger partial charge in [-0.3, -0.25) is 0 Å². The highest BCUT2D eigenvalue weighted by molar-refractivity contribution is 6.10. The molecule has 0 saturated carbocycles. The Balaban J connectivity index is 0.953. The Morgan fingerprint density at radius 3 is 1.51 bits per heavy atom. The Morgan fingerprint density at radius 2 is 0.852 bits per heavy atom. The first-order valence-electron chi connectivity index (χ1n) is 21.5. The third-order valence-electron chi connectivity index (χ3n) is 12.4. The maximum atomic E-state index is 5.21. The van der Waals surface area contributed by atoms with E-state index in [1.165, 1.54) is 81.0 Å². The van der Waals surface area contributed by atoms with Crippen molar-refractivity contribution in [3.63, 3.8) is 0 Å². The molecule has 2 aliphatic rings. The molecular formula is C57H44N4. The zero-order chi connectivity index (χ0) is 40.5. The number of allylic oxidation sites excluding steroid dienone is 6. The summed E-state index contributed by atoms with van der Waals surface area (Å²) in [7, 11) is 0. The summed E-state index contributed by atoms with van der Waals surface area (Å²) < 4.78 is 2.37. The van der Waals surface area contributed by atoms with Crippen LogP contribution in [0.5, 0.6) is 0 Å². The molecule has 0 N–H and O–H groups in total. The molecular weight excluding hydrogens is 741 g/mol. The van der Waals surface area contributed by atoms with E-state index in [0.717, 1.165) is 52.1 Å². The van der Waals surface area contributed by atoms with Gasteiger partial charge in [0.2, 0.25) is 0 Å². The molecule has 0 atom stereocenters. The number of aromatic nitrogens is 4.